The molecule has 4 rings (SSSR count). The minimum atomic E-state index is -3.69. The summed E-state index contributed by atoms with van der Waals surface area (Å²) in [6.45, 7) is 2.14. The van der Waals surface area contributed by atoms with E-state index < -0.39 is 21.9 Å². The van der Waals surface area contributed by atoms with Gasteiger partial charge in [-0.1, -0.05) is 11.6 Å². The molecule has 1 atom stereocenters. The summed E-state index contributed by atoms with van der Waals surface area (Å²) in [6.07, 6.45) is 4.01. The van der Waals surface area contributed by atoms with Crippen LogP contribution in [0.2, 0.25) is 5.02 Å². The highest BCUT2D eigenvalue weighted by Gasteiger charge is 2.30. The average Bonchev–Trinajstić information content (AvgIpc) is 3.57. The van der Waals surface area contributed by atoms with Crippen LogP contribution in [0.1, 0.15) is 30.7 Å². The number of rotatable bonds is 9. The van der Waals surface area contributed by atoms with E-state index in [1.54, 1.807) is 19.2 Å². The Hall–Kier alpha value is -3.03. The second-order valence-corrected chi connectivity index (χ2v) is 11.5. The molecule has 3 N–H and O–H groups in total. The maximum atomic E-state index is 14.5. The highest BCUT2D eigenvalue weighted by Crippen LogP contribution is 2.48. The standard InChI is InChI=1S/C22H24ClFN6O4S2/c1-11(27-22(31)34-2)10-26-21-25-7-6-15(28-21)19-18(29-20(35-19)12-4-5-12)14-8-13(24)9-16(17(14)23)30-36(3,32)33/h6-9,11-12,30H,4-5,10H2,1-3H3,(H,27,31)(H,25,26,28)/t11-/m0/s1. The predicted octanol–water partition coefficient (Wildman–Crippen LogP) is 4.46. The van der Waals surface area contributed by atoms with Gasteiger partial charge in [-0.15, -0.1) is 11.3 Å². The van der Waals surface area contributed by atoms with E-state index in [2.05, 4.69) is 30.1 Å². The first-order chi connectivity index (χ1) is 17.0. The van der Waals surface area contributed by atoms with E-state index in [0.29, 0.717) is 34.7 Å². The van der Waals surface area contributed by atoms with Crippen LogP contribution in [0.15, 0.2) is 24.4 Å². The van der Waals surface area contributed by atoms with Gasteiger partial charge in [0.15, 0.2) is 0 Å². The number of benzene rings is 1. The lowest BCUT2D eigenvalue weighted by molar-refractivity contribution is 0.168. The Morgan fingerprint density at radius 3 is 2.75 bits per heavy atom. The largest absolute Gasteiger partial charge is 0.453 e. The van der Waals surface area contributed by atoms with Gasteiger partial charge in [-0.25, -0.2) is 32.6 Å². The molecule has 1 amide bonds. The summed E-state index contributed by atoms with van der Waals surface area (Å²) >= 11 is 7.97. The number of amides is 1. The number of carbonyl (C=O) groups is 1. The van der Waals surface area contributed by atoms with E-state index in [1.807, 2.05) is 0 Å². The molecule has 0 saturated heterocycles. The molecule has 10 nitrogen and oxygen atoms in total. The molecule has 0 spiro atoms. The van der Waals surface area contributed by atoms with E-state index in [0.717, 1.165) is 30.2 Å². The Labute approximate surface area is 216 Å². The molecule has 36 heavy (non-hydrogen) atoms. The number of ether oxygens (including phenoxy) is 1. The van der Waals surface area contributed by atoms with Gasteiger partial charge in [0.2, 0.25) is 16.0 Å². The predicted molar refractivity (Wildman–Crippen MR) is 137 cm³/mol. The number of carbonyl (C=O) groups excluding carboxylic acids is 1. The first-order valence-electron chi connectivity index (χ1n) is 10.9. The number of aromatic nitrogens is 3. The fraction of sp³-hybridized carbons (Fsp3) is 0.364. The van der Waals surface area contributed by atoms with Crippen molar-refractivity contribution in [2.75, 3.05) is 29.9 Å². The Bertz CT molecular complexity index is 1400. The smallest absolute Gasteiger partial charge is 0.407 e. The van der Waals surface area contributed by atoms with Gasteiger partial charge in [0.05, 0.1) is 45.3 Å². The van der Waals surface area contributed by atoms with Crippen LogP contribution in [0.5, 0.6) is 0 Å². The number of nitrogens with zero attached hydrogens (tertiary/aromatic N) is 3. The van der Waals surface area contributed by atoms with Crippen molar-refractivity contribution in [1.29, 1.82) is 0 Å². The Balaban J connectivity index is 1.70. The molecule has 1 aliphatic rings. The zero-order valence-electron chi connectivity index (χ0n) is 19.6. The van der Waals surface area contributed by atoms with E-state index in [-0.39, 0.29) is 22.3 Å². The minimum absolute atomic E-state index is 0.0332. The van der Waals surface area contributed by atoms with Crippen molar-refractivity contribution >= 4 is 50.7 Å². The number of anilines is 2. The number of sulfonamides is 1. The van der Waals surface area contributed by atoms with Gasteiger partial charge < -0.3 is 15.4 Å². The number of methoxy groups -OCH3 is 1. The molecule has 192 valence electrons. The first kappa shape index (κ1) is 26.0. The lowest BCUT2D eigenvalue weighted by atomic mass is 10.1. The zero-order chi connectivity index (χ0) is 26.0. The van der Waals surface area contributed by atoms with Crippen LogP contribution in [-0.2, 0) is 14.8 Å². The molecule has 2 aromatic heterocycles. The summed E-state index contributed by atoms with van der Waals surface area (Å²) in [5, 5.41) is 6.63. The van der Waals surface area contributed by atoms with Gasteiger partial charge in [0, 0.05) is 30.3 Å². The molecule has 0 radical (unpaired) electrons. The van der Waals surface area contributed by atoms with Crippen LogP contribution in [-0.4, -0.2) is 55.4 Å². The van der Waals surface area contributed by atoms with Crippen molar-refractivity contribution in [3.8, 4) is 21.8 Å². The van der Waals surface area contributed by atoms with E-state index in [4.69, 9.17) is 16.6 Å². The van der Waals surface area contributed by atoms with Crippen molar-refractivity contribution in [2.24, 2.45) is 0 Å². The molecule has 0 unspecified atom stereocenters. The summed E-state index contributed by atoms with van der Waals surface area (Å²) in [5.74, 6) is -0.0270. The molecule has 1 aromatic carbocycles. The lowest BCUT2D eigenvalue weighted by Gasteiger charge is -2.14. The Morgan fingerprint density at radius 2 is 2.08 bits per heavy atom. The van der Waals surface area contributed by atoms with Crippen LogP contribution in [0.3, 0.4) is 0 Å². The highest BCUT2D eigenvalue weighted by molar-refractivity contribution is 7.92. The van der Waals surface area contributed by atoms with Crippen LogP contribution >= 0.6 is 22.9 Å². The third-order valence-electron chi connectivity index (χ3n) is 5.16. The first-order valence-corrected chi connectivity index (χ1v) is 14.0. The van der Waals surface area contributed by atoms with Crippen molar-refractivity contribution in [2.45, 2.75) is 31.7 Å². The molecular formula is C22H24ClFN6O4S2. The van der Waals surface area contributed by atoms with Crippen molar-refractivity contribution in [1.82, 2.24) is 20.3 Å². The lowest BCUT2D eigenvalue weighted by Crippen LogP contribution is -2.37. The highest BCUT2D eigenvalue weighted by atomic mass is 35.5. The van der Waals surface area contributed by atoms with Crippen LogP contribution in [0.25, 0.3) is 21.8 Å². The Morgan fingerprint density at radius 1 is 1.33 bits per heavy atom. The topological polar surface area (TPSA) is 135 Å². The number of alkyl carbamates (subject to hydrolysis) is 1. The second kappa shape index (κ2) is 10.5. The third-order valence-corrected chi connectivity index (χ3v) is 7.40. The van der Waals surface area contributed by atoms with Gasteiger partial charge >= 0.3 is 6.09 Å². The SMILES string of the molecule is COC(=O)N[C@@H](C)CNc1nccc(-c2sc(C3CC3)nc2-c2cc(F)cc(NS(C)(=O)=O)c2Cl)n1. The summed E-state index contributed by atoms with van der Waals surface area (Å²) < 4.78 is 44.9. The Kier molecular flexibility index (Phi) is 7.62. The summed E-state index contributed by atoms with van der Waals surface area (Å²) in [7, 11) is -2.40. The maximum Gasteiger partial charge on any atom is 0.407 e. The van der Waals surface area contributed by atoms with Gasteiger partial charge in [-0.3, -0.25) is 4.72 Å². The fourth-order valence-corrected chi connectivity index (χ4v) is 5.44. The normalized spacial score (nSPS) is 14.2. The van der Waals surface area contributed by atoms with Crippen molar-refractivity contribution < 1.29 is 22.3 Å². The van der Waals surface area contributed by atoms with Gasteiger partial charge in [0.1, 0.15) is 5.82 Å². The van der Waals surface area contributed by atoms with Gasteiger partial charge in [0.25, 0.3) is 0 Å². The number of thiazole rings is 1. The molecule has 1 fully saturated rings. The van der Waals surface area contributed by atoms with Crippen LogP contribution < -0.4 is 15.4 Å². The van der Waals surface area contributed by atoms with E-state index in [9.17, 15) is 17.6 Å². The third kappa shape index (κ3) is 6.39. The summed E-state index contributed by atoms with van der Waals surface area (Å²) in [5.41, 5.74) is 1.13. The molecule has 2 heterocycles. The van der Waals surface area contributed by atoms with Gasteiger partial charge in [-0.05, 0) is 38.0 Å². The molecule has 0 bridgehead atoms. The van der Waals surface area contributed by atoms with E-state index >= 15 is 0 Å². The number of halogens is 2. The number of nitrogens with one attached hydrogen (secondary N) is 3. The fourth-order valence-electron chi connectivity index (χ4n) is 3.36. The number of hydrogen-bond acceptors (Lipinski definition) is 9. The molecular weight excluding hydrogens is 531 g/mol. The zero-order valence-corrected chi connectivity index (χ0v) is 22.0. The molecule has 3 aromatic rings. The second-order valence-electron chi connectivity index (χ2n) is 8.38. The molecule has 14 heteroatoms. The minimum Gasteiger partial charge on any atom is -0.453 e. The summed E-state index contributed by atoms with van der Waals surface area (Å²) in [4.78, 5) is 25.6. The quantitative estimate of drug-likeness (QED) is 0.353. The summed E-state index contributed by atoms with van der Waals surface area (Å²) in [6, 6.07) is 3.71. The van der Waals surface area contributed by atoms with Crippen LogP contribution in [0, 0.1) is 5.82 Å². The van der Waals surface area contributed by atoms with E-state index in [1.165, 1.54) is 24.5 Å². The van der Waals surface area contributed by atoms with Crippen molar-refractivity contribution in [3.05, 3.63) is 40.2 Å². The maximum absolute atomic E-state index is 14.5. The van der Waals surface area contributed by atoms with Crippen molar-refractivity contribution in [3.63, 3.8) is 0 Å². The molecule has 1 aliphatic carbocycles. The number of hydrogen-bond donors (Lipinski definition) is 3. The monoisotopic (exact) mass is 554 g/mol. The molecule has 0 aliphatic heterocycles. The molecule has 1 saturated carbocycles. The van der Waals surface area contributed by atoms with Gasteiger partial charge in [-0.2, -0.15) is 0 Å². The average molecular weight is 555 g/mol. The van der Waals surface area contributed by atoms with Crippen LogP contribution in [0.4, 0.5) is 20.8 Å².